The Bertz CT molecular complexity index is 542. The summed E-state index contributed by atoms with van der Waals surface area (Å²) in [5.41, 5.74) is 8.50. The summed E-state index contributed by atoms with van der Waals surface area (Å²) in [6.07, 6.45) is 6.13. The van der Waals surface area contributed by atoms with E-state index in [4.69, 9.17) is 17.3 Å². The van der Waals surface area contributed by atoms with Crippen molar-refractivity contribution in [1.82, 2.24) is 0 Å². The summed E-state index contributed by atoms with van der Waals surface area (Å²) < 4.78 is 0. The van der Waals surface area contributed by atoms with Crippen LogP contribution in [0.2, 0.25) is 5.02 Å². The van der Waals surface area contributed by atoms with Crippen molar-refractivity contribution in [3.05, 3.63) is 34.9 Å². The third kappa shape index (κ3) is 3.23. The van der Waals surface area contributed by atoms with Gasteiger partial charge < -0.3 is 10.8 Å². The molecule has 1 fully saturated rings. The number of rotatable bonds is 2. The molecule has 0 spiro atoms. The molecule has 3 unspecified atom stereocenters. The average molecular weight is 328 g/mol. The number of nitrogens with two attached hydrogens (primary N) is 1. The third-order valence-corrected chi connectivity index (χ3v) is 4.97. The van der Waals surface area contributed by atoms with Crippen molar-refractivity contribution in [3.63, 3.8) is 0 Å². The third-order valence-electron chi connectivity index (χ3n) is 4.75. The van der Waals surface area contributed by atoms with E-state index in [0.29, 0.717) is 22.8 Å². The SMILES string of the molecule is CC(C)(N)C1C(c2cc(O)cc(Cl)c2)=CC2CCC1C2.Cl. The van der Waals surface area contributed by atoms with Gasteiger partial charge >= 0.3 is 0 Å². The van der Waals surface area contributed by atoms with Crippen molar-refractivity contribution in [2.75, 3.05) is 0 Å². The number of allylic oxidation sites excluding steroid dienone is 1. The van der Waals surface area contributed by atoms with Crippen molar-refractivity contribution in [2.24, 2.45) is 23.5 Å². The molecular formula is C17H23Cl2NO. The first kappa shape index (κ1) is 16.7. The van der Waals surface area contributed by atoms with E-state index in [2.05, 4.69) is 19.9 Å². The highest BCUT2D eigenvalue weighted by Crippen LogP contribution is 2.51. The van der Waals surface area contributed by atoms with Gasteiger partial charge in [0.2, 0.25) is 0 Å². The number of benzene rings is 1. The topological polar surface area (TPSA) is 46.2 Å². The fourth-order valence-corrected chi connectivity index (χ4v) is 4.37. The minimum atomic E-state index is -0.260. The Kier molecular flexibility index (Phi) is 4.63. The summed E-state index contributed by atoms with van der Waals surface area (Å²) in [6.45, 7) is 4.21. The van der Waals surface area contributed by atoms with Crippen LogP contribution in [-0.4, -0.2) is 10.6 Å². The molecular weight excluding hydrogens is 305 g/mol. The van der Waals surface area contributed by atoms with Gasteiger partial charge in [-0.25, -0.2) is 0 Å². The Labute approximate surface area is 137 Å². The standard InChI is InChI=1S/C17H22ClNO.ClH/c1-17(2,19)16-11-4-3-10(5-11)6-15(16)12-7-13(18)9-14(20)8-12;/h6-11,16,20H,3-5,19H2,1-2H3;1H. The van der Waals surface area contributed by atoms with Gasteiger partial charge in [0.15, 0.2) is 0 Å². The Morgan fingerprint density at radius 1 is 1.24 bits per heavy atom. The molecule has 2 aliphatic carbocycles. The van der Waals surface area contributed by atoms with Gasteiger partial charge in [-0.3, -0.25) is 0 Å². The second-order valence-corrected chi connectivity index (χ2v) is 7.39. The lowest BCUT2D eigenvalue weighted by atomic mass is 9.68. The quantitative estimate of drug-likeness (QED) is 0.831. The lowest BCUT2D eigenvalue weighted by Crippen LogP contribution is -2.45. The number of aromatic hydroxyl groups is 1. The van der Waals surface area contributed by atoms with E-state index in [0.717, 1.165) is 5.56 Å². The van der Waals surface area contributed by atoms with E-state index in [1.807, 2.05) is 6.07 Å². The predicted octanol–water partition coefficient (Wildman–Crippen LogP) is 4.63. The molecule has 0 aliphatic heterocycles. The summed E-state index contributed by atoms with van der Waals surface area (Å²) in [5, 5.41) is 10.4. The van der Waals surface area contributed by atoms with Gasteiger partial charge in [0, 0.05) is 16.5 Å². The molecule has 116 valence electrons. The maximum absolute atomic E-state index is 9.82. The molecule has 0 saturated heterocycles. The molecule has 1 saturated carbocycles. The second-order valence-electron chi connectivity index (χ2n) is 6.95. The molecule has 0 aromatic heterocycles. The van der Waals surface area contributed by atoms with Crippen LogP contribution in [0.25, 0.3) is 5.57 Å². The molecule has 4 heteroatoms. The summed E-state index contributed by atoms with van der Waals surface area (Å²) in [7, 11) is 0. The zero-order valence-corrected chi connectivity index (χ0v) is 14.0. The molecule has 3 N–H and O–H groups in total. The fraction of sp³-hybridized carbons (Fsp3) is 0.529. The van der Waals surface area contributed by atoms with E-state index in [-0.39, 0.29) is 23.7 Å². The van der Waals surface area contributed by atoms with Crippen LogP contribution in [0.15, 0.2) is 24.3 Å². The minimum absolute atomic E-state index is 0. The molecule has 0 radical (unpaired) electrons. The van der Waals surface area contributed by atoms with Crippen LogP contribution in [0.1, 0.15) is 38.7 Å². The molecule has 1 aromatic rings. The maximum Gasteiger partial charge on any atom is 0.117 e. The van der Waals surface area contributed by atoms with Crippen LogP contribution >= 0.6 is 24.0 Å². The first-order valence-electron chi connectivity index (χ1n) is 7.35. The van der Waals surface area contributed by atoms with Crippen LogP contribution in [0.3, 0.4) is 0 Å². The van der Waals surface area contributed by atoms with Crippen LogP contribution < -0.4 is 5.73 Å². The molecule has 0 amide bonds. The monoisotopic (exact) mass is 327 g/mol. The maximum atomic E-state index is 9.82. The van der Waals surface area contributed by atoms with Crippen molar-refractivity contribution in [3.8, 4) is 5.75 Å². The van der Waals surface area contributed by atoms with E-state index in [9.17, 15) is 5.11 Å². The molecule has 3 atom stereocenters. The summed E-state index contributed by atoms with van der Waals surface area (Å²) in [5.74, 6) is 1.87. The molecule has 2 nitrogen and oxygen atoms in total. The normalized spacial score (nSPS) is 28.0. The van der Waals surface area contributed by atoms with E-state index < -0.39 is 0 Å². The molecule has 0 heterocycles. The first-order chi connectivity index (χ1) is 9.34. The molecule has 2 bridgehead atoms. The Morgan fingerprint density at radius 3 is 2.57 bits per heavy atom. The second kappa shape index (κ2) is 5.83. The molecule has 21 heavy (non-hydrogen) atoms. The lowest BCUT2D eigenvalue weighted by Gasteiger charge is -2.40. The average Bonchev–Trinajstić information content (AvgIpc) is 2.67. The number of hydrogen-bond donors (Lipinski definition) is 2. The Morgan fingerprint density at radius 2 is 1.95 bits per heavy atom. The number of fused-ring (bicyclic) bond motifs is 2. The van der Waals surface area contributed by atoms with Gasteiger partial charge in [-0.2, -0.15) is 0 Å². The van der Waals surface area contributed by atoms with Crippen LogP contribution in [0.4, 0.5) is 0 Å². The zero-order valence-electron chi connectivity index (χ0n) is 12.5. The van der Waals surface area contributed by atoms with Gasteiger partial charge in [0.05, 0.1) is 0 Å². The molecule has 1 aromatic carbocycles. The summed E-state index contributed by atoms with van der Waals surface area (Å²) in [4.78, 5) is 0. The highest BCUT2D eigenvalue weighted by molar-refractivity contribution is 6.30. The van der Waals surface area contributed by atoms with Crippen LogP contribution in [0.5, 0.6) is 5.75 Å². The van der Waals surface area contributed by atoms with Gasteiger partial charge in [-0.15, -0.1) is 12.4 Å². The first-order valence-corrected chi connectivity index (χ1v) is 7.73. The summed E-state index contributed by atoms with van der Waals surface area (Å²) >= 11 is 6.10. The molecule has 3 rings (SSSR count). The Balaban J connectivity index is 0.00000161. The predicted molar refractivity (Wildman–Crippen MR) is 90.9 cm³/mol. The number of hydrogen-bond acceptors (Lipinski definition) is 2. The smallest absolute Gasteiger partial charge is 0.117 e. The zero-order chi connectivity index (χ0) is 14.5. The van der Waals surface area contributed by atoms with Crippen molar-refractivity contribution >= 4 is 29.6 Å². The van der Waals surface area contributed by atoms with Crippen molar-refractivity contribution in [2.45, 2.75) is 38.6 Å². The van der Waals surface area contributed by atoms with Gasteiger partial charge in [0.25, 0.3) is 0 Å². The number of phenolic OH excluding ortho intramolecular Hbond substituents is 1. The Hall–Kier alpha value is -0.700. The van der Waals surface area contributed by atoms with E-state index in [1.165, 1.54) is 24.8 Å². The van der Waals surface area contributed by atoms with E-state index >= 15 is 0 Å². The van der Waals surface area contributed by atoms with Gasteiger partial charge in [-0.1, -0.05) is 17.7 Å². The lowest BCUT2D eigenvalue weighted by molar-refractivity contribution is 0.273. The van der Waals surface area contributed by atoms with Crippen molar-refractivity contribution in [1.29, 1.82) is 0 Å². The highest BCUT2D eigenvalue weighted by Gasteiger charge is 2.43. The van der Waals surface area contributed by atoms with Gasteiger partial charge in [-0.05, 0) is 74.3 Å². The number of halogens is 2. The van der Waals surface area contributed by atoms with E-state index in [1.54, 1.807) is 12.1 Å². The van der Waals surface area contributed by atoms with Crippen LogP contribution in [0, 0.1) is 17.8 Å². The van der Waals surface area contributed by atoms with Crippen molar-refractivity contribution < 1.29 is 5.11 Å². The van der Waals surface area contributed by atoms with Gasteiger partial charge in [0.1, 0.15) is 5.75 Å². The van der Waals surface area contributed by atoms with Crippen LogP contribution in [-0.2, 0) is 0 Å². The summed E-state index contributed by atoms with van der Waals surface area (Å²) in [6, 6.07) is 5.32. The molecule has 2 aliphatic rings. The minimum Gasteiger partial charge on any atom is -0.508 e. The number of phenols is 1. The highest BCUT2D eigenvalue weighted by atomic mass is 35.5. The largest absolute Gasteiger partial charge is 0.508 e. The fourth-order valence-electron chi connectivity index (χ4n) is 4.14.